The first-order valence-corrected chi connectivity index (χ1v) is 8.75. The number of benzene rings is 1. The smallest absolute Gasteiger partial charge is 0.228 e. The average Bonchev–Trinajstić information content (AvgIpc) is 2.97. The van der Waals surface area contributed by atoms with Gasteiger partial charge in [0.2, 0.25) is 16.0 Å². The summed E-state index contributed by atoms with van der Waals surface area (Å²) in [7, 11) is -3.70. The number of thiophene rings is 1. The highest BCUT2D eigenvalue weighted by molar-refractivity contribution is 7.89. The molecular formula is C15H11FN2O2S2. The second kappa shape index (κ2) is 5.60. The molecule has 0 aliphatic heterocycles. The van der Waals surface area contributed by atoms with E-state index in [0.717, 1.165) is 22.3 Å². The van der Waals surface area contributed by atoms with Crippen LogP contribution >= 0.6 is 11.3 Å². The quantitative estimate of drug-likeness (QED) is 0.747. The molecule has 0 unspecified atom stereocenters. The lowest BCUT2D eigenvalue weighted by atomic mass is 10.0. The van der Waals surface area contributed by atoms with Crippen LogP contribution in [0.2, 0.25) is 0 Å². The molecule has 0 saturated heterocycles. The van der Waals surface area contributed by atoms with E-state index in [1.54, 1.807) is 18.2 Å². The fraction of sp³-hybridized carbons (Fsp3) is 0. The second-order valence-electron chi connectivity index (χ2n) is 4.64. The SMILES string of the molecule is NS(=O)(=O)c1ccc(-c2cscc2-c2ccc(F)nc2)cc1. The van der Waals surface area contributed by atoms with Gasteiger partial charge in [-0.25, -0.2) is 18.5 Å². The molecule has 0 fully saturated rings. The van der Waals surface area contributed by atoms with Crippen LogP contribution in [0.25, 0.3) is 22.3 Å². The normalized spacial score (nSPS) is 11.5. The molecule has 3 rings (SSSR count). The summed E-state index contributed by atoms with van der Waals surface area (Å²) in [5, 5.41) is 8.98. The molecule has 4 nitrogen and oxygen atoms in total. The summed E-state index contributed by atoms with van der Waals surface area (Å²) < 4.78 is 35.5. The van der Waals surface area contributed by atoms with Crippen molar-refractivity contribution in [1.29, 1.82) is 0 Å². The van der Waals surface area contributed by atoms with Gasteiger partial charge in [0.1, 0.15) is 0 Å². The molecule has 0 aliphatic carbocycles. The third-order valence-corrected chi connectivity index (χ3v) is 4.87. The number of pyridine rings is 1. The maximum atomic E-state index is 12.9. The summed E-state index contributed by atoms with van der Waals surface area (Å²) in [6, 6.07) is 9.29. The van der Waals surface area contributed by atoms with Crippen molar-refractivity contribution in [1.82, 2.24) is 4.98 Å². The van der Waals surface area contributed by atoms with E-state index in [9.17, 15) is 12.8 Å². The van der Waals surface area contributed by atoms with Crippen molar-refractivity contribution in [3.05, 3.63) is 59.3 Å². The molecule has 1 aromatic carbocycles. The van der Waals surface area contributed by atoms with Crippen LogP contribution in [0, 0.1) is 5.95 Å². The Hall–Kier alpha value is -2.09. The zero-order chi connectivity index (χ0) is 15.7. The molecule has 0 spiro atoms. The summed E-state index contributed by atoms with van der Waals surface area (Å²) >= 11 is 1.51. The van der Waals surface area contributed by atoms with E-state index in [-0.39, 0.29) is 4.90 Å². The monoisotopic (exact) mass is 334 g/mol. The standard InChI is InChI=1S/C15H11FN2O2S2/c16-15-6-3-11(7-18-15)14-9-21-8-13(14)10-1-4-12(5-2-10)22(17,19)20/h1-9H,(H2,17,19,20). The van der Waals surface area contributed by atoms with Crippen molar-refractivity contribution in [2.45, 2.75) is 4.90 Å². The number of nitrogens with two attached hydrogens (primary N) is 1. The summed E-state index contributed by atoms with van der Waals surface area (Å²) in [6.07, 6.45) is 1.47. The summed E-state index contributed by atoms with van der Waals surface area (Å²) in [5.41, 5.74) is 3.50. The van der Waals surface area contributed by atoms with Crippen molar-refractivity contribution in [2.24, 2.45) is 5.14 Å². The number of hydrogen-bond acceptors (Lipinski definition) is 4. The molecule has 2 N–H and O–H groups in total. The van der Waals surface area contributed by atoms with Gasteiger partial charge in [-0.3, -0.25) is 0 Å². The number of sulfonamides is 1. The van der Waals surface area contributed by atoms with Crippen molar-refractivity contribution in [2.75, 3.05) is 0 Å². The summed E-state index contributed by atoms with van der Waals surface area (Å²) in [4.78, 5) is 3.72. The lowest BCUT2D eigenvalue weighted by molar-refractivity contribution is 0.584. The van der Waals surface area contributed by atoms with E-state index in [0.29, 0.717) is 0 Å². The minimum Gasteiger partial charge on any atom is -0.228 e. The zero-order valence-corrected chi connectivity index (χ0v) is 12.9. The van der Waals surface area contributed by atoms with E-state index in [1.807, 2.05) is 10.8 Å². The first-order valence-electron chi connectivity index (χ1n) is 6.26. The fourth-order valence-corrected chi connectivity index (χ4v) is 3.49. The van der Waals surface area contributed by atoms with Crippen LogP contribution in [0.3, 0.4) is 0 Å². The van der Waals surface area contributed by atoms with Crippen LogP contribution in [0.15, 0.2) is 58.3 Å². The maximum Gasteiger partial charge on any atom is 0.238 e. The van der Waals surface area contributed by atoms with E-state index in [2.05, 4.69) is 4.98 Å². The minimum atomic E-state index is -3.70. The highest BCUT2D eigenvalue weighted by atomic mass is 32.2. The van der Waals surface area contributed by atoms with Gasteiger partial charge in [-0.15, -0.1) is 0 Å². The predicted molar refractivity (Wildman–Crippen MR) is 84.3 cm³/mol. The molecule has 0 aliphatic rings. The Bertz CT molecular complexity index is 901. The number of rotatable bonds is 3. The summed E-state index contributed by atoms with van der Waals surface area (Å²) in [6.45, 7) is 0. The van der Waals surface area contributed by atoms with Gasteiger partial charge in [-0.2, -0.15) is 15.7 Å². The second-order valence-corrected chi connectivity index (χ2v) is 6.94. The fourth-order valence-electron chi connectivity index (χ4n) is 2.10. The molecule has 2 aromatic heterocycles. The molecule has 7 heteroatoms. The van der Waals surface area contributed by atoms with Crippen LogP contribution < -0.4 is 5.14 Å². The van der Waals surface area contributed by atoms with Gasteiger partial charge in [-0.05, 0) is 40.6 Å². The predicted octanol–water partition coefficient (Wildman–Crippen LogP) is 3.26. The van der Waals surface area contributed by atoms with E-state index < -0.39 is 16.0 Å². The van der Waals surface area contributed by atoms with Gasteiger partial charge in [0.05, 0.1) is 4.90 Å². The minimum absolute atomic E-state index is 0.0662. The van der Waals surface area contributed by atoms with Gasteiger partial charge >= 0.3 is 0 Å². The maximum absolute atomic E-state index is 12.9. The highest BCUT2D eigenvalue weighted by Gasteiger charge is 2.11. The Kier molecular flexibility index (Phi) is 3.78. The van der Waals surface area contributed by atoms with Gasteiger partial charge < -0.3 is 0 Å². The zero-order valence-electron chi connectivity index (χ0n) is 11.2. The number of hydrogen-bond donors (Lipinski definition) is 1. The van der Waals surface area contributed by atoms with Crippen molar-refractivity contribution < 1.29 is 12.8 Å². The molecular weight excluding hydrogens is 323 g/mol. The molecule has 0 bridgehead atoms. The van der Waals surface area contributed by atoms with Crippen molar-refractivity contribution in [3.63, 3.8) is 0 Å². The Morgan fingerprint density at radius 2 is 1.55 bits per heavy atom. The average molecular weight is 334 g/mol. The van der Waals surface area contributed by atoms with E-state index >= 15 is 0 Å². The molecule has 0 atom stereocenters. The lowest BCUT2D eigenvalue weighted by Crippen LogP contribution is -2.11. The first kappa shape index (κ1) is 14.8. The van der Waals surface area contributed by atoms with Gasteiger partial charge in [-0.1, -0.05) is 12.1 Å². The molecule has 112 valence electrons. The first-order chi connectivity index (χ1) is 10.4. The molecule has 22 heavy (non-hydrogen) atoms. The van der Waals surface area contributed by atoms with Crippen molar-refractivity contribution >= 4 is 21.4 Å². The Labute approximate surface area is 131 Å². The van der Waals surface area contributed by atoms with Crippen LogP contribution in [-0.4, -0.2) is 13.4 Å². The lowest BCUT2D eigenvalue weighted by Gasteiger charge is -2.05. The molecule has 2 heterocycles. The van der Waals surface area contributed by atoms with Crippen LogP contribution in [0.1, 0.15) is 0 Å². The number of aromatic nitrogens is 1. The third-order valence-electron chi connectivity index (χ3n) is 3.19. The molecule has 3 aromatic rings. The van der Waals surface area contributed by atoms with E-state index in [1.165, 1.54) is 35.7 Å². The third kappa shape index (κ3) is 2.92. The summed E-state index contributed by atoms with van der Waals surface area (Å²) in [5.74, 6) is -0.530. The van der Waals surface area contributed by atoms with Crippen molar-refractivity contribution in [3.8, 4) is 22.3 Å². The highest BCUT2D eigenvalue weighted by Crippen LogP contribution is 2.35. The largest absolute Gasteiger partial charge is 0.238 e. The molecule has 0 amide bonds. The Balaban J connectivity index is 2.03. The van der Waals surface area contributed by atoms with Crippen LogP contribution in [-0.2, 0) is 10.0 Å². The topological polar surface area (TPSA) is 73.1 Å². The molecule has 0 radical (unpaired) electrons. The number of halogens is 1. The van der Waals surface area contributed by atoms with Gasteiger partial charge in [0, 0.05) is 22.9 Å². The number of primary sulfonamides is 1. The van der Waals surface area contributed by atoms with Gasteiger partial charge in [0.15, 0.2) is 0 Å². The Morgan fingerprint density at radius 3 is 2.09 bits per heavy atom. The van der Waals surface area contributed by atoms with E-state index in [4.69, 9.17) is 5.14 Å². The van der Waals surface area contributed by atoms with Crippen LogP contribution in [0.5, 0.6) is 0 Å². The van der Waals surface area contributed by atoms with Gasteiger partial charge in [0.25, 0.3) is 0 Å². The molecule has 0 saturated carbocycles. The van der Waals surface area contributed by atoms with Crippen LogP contribution in [0.4, 0.5) is 4.39 Å². The Morgan fingerprint density at radius 1 is 0.955 bits per heavy atom. The number of nitrogens with zero attached hydrogens (tertiary/aromatic N) is 1.